The largest absolute Gasteiger partial charge is 0.388 e. The van der Waals surface area contributed by atoms with Gasteiger partial charge in [-0.05, 0) is 30.7 Å². The Morgan fingerprint density at radius 2 is 1.76 bits per heavy atom. The molecule has 4 nitrogen and oxygen atoms in total. The average molecular weight is 321 g/mol. The van der Waals surface area contributed by atoms with Gasteiger partial charge in [-0.1, -0.05) is 41.4 Å². The highest BCUT2D eigenvalue weighted by Gasteiger charge is 2.11. The van der Waals surface area contributed by atoms with Crippen molar-refractivity contribution in [2.75, 3.05) is 5.32 Å². The second-order valence-corrected chi connectivity index (χ2v) is 5.31. The fraction of sp³-hybridized carbons (Fsp3) is 0.0667. The van der Waals surface area contributed by atoms with Crippen LogP contribution in [0.5, 0.6) is 0 Å². The van der Waals surface area contributed by atoms with Gasteiger partial charge < -0.3 is 9.73 Å². The highest BCUT2D eigenvalue weighted by atomic mass is 35.5. The van der Waals surface area contributed by atoms with E-state index in [1.807, 2.05) is 19.1 Å². The molecular weight excluding hydrogens is 311 g/mol. The van der Waals surface area contributed by atoms with Crippen LogP contribution in [0.1, 0.15) is 5.56 Å². The molecule has 3 rings (SSSR count). The van der Waals surface area contributed by atoms with E-state index >= 15 is 0 Å². The number of nitrogens with one attached hydrogen (secondary N) is 1. The van der Waals surface area contributed by atoms with Crippen molar-refractivity contribution < 1.29 is 4.42 Å². The summed E-state index contributed by atoms with van der Waals surface area (Å²) in [5.74, 6) is 0. The van der Waals surface area contributed by atoms with Crippen molar-refractivity contribution in [1.29, 1.82) is 0 Å². The zero-order valence-corrected chi connectivity index (χ0v) is 12.5. The second kappa shape index (κ2) is 5.39. The minimum atomic E-state index is -0.455. The third-order valence-electron chi connectivity index (χ3n) is 3.06. The molecule has 2 aromatic carbocycles. The number of para-hydroxylation sites is 1. The SMILES string of the molecule is Cc1cccc2nc(Nc3c(Cl)cccc3Cl)oc(=O)c12. The van der Waals surface area contributed by atoms with Crippen molar-refractivity contribution in [3.8, 4) is 0 Å². The second-order valence-electron chi connectivity index (χ2n) is 4.50. The molecule has 0 aliphatic heterocycles. The third kappa shape index (κ3) is 2.60. The van der Waals surface area contributed by atoms with Gasteiger partial charge in [0.25, 0.3) is 0 Å². The van der Waals surface area contributed by atoms with Crippen LogP contribution in [0.2, 0.25) is 10.0 Å². The number of aryl methyl sites for hydroxylation is 1. The predicted molar refractivity (Wildman–Crippen MR) is 84.8 cm³/mol. The van der Waals surface area contributed by atoms with Gasteiger partial charge >= 0.3 is 11.6 Å². The van der Waals surface area contributed by atoms with Crippen LogP contribution in [-0.2, 0) is 0 Å². The maximum absolute atomic E-state index is 12.1. The molecule has 106 valence electrons. The molecule has 0 fully saturated rings. The van der Waals surface area contributed by atoms with Crippen LogP contribution in [0.3, 0.4) is 0 Å². The summed E-state index contributed by atoms with van der Waals surface area (Å²) < 4.78 is 5.19. The molecule has 0 saturated carbocycles. The number of benzene rings is 2. The number of hydrogen-bond donors (Lipinski definition) is 1. The molecule has 0 bridgehead atoms. The lowest BCUT2D eigenvalue weighted by molar-refractivity contribution is 0.522. The van der Waals surface area contributed by atoms with Crippen molar-refractivity contribution in [3.63, 3.8) is 0 Å². The van der Waals surface area contributed by atoms with E-state index in [4.69, 9.17) is 27.6 Å². The van der Waals surface area contributed by atoms with Gasteiger partial charge in [0.1, 0.15) is 0 Å². The van der Waals surface area contributed by atoms with E-state index in [0.29, 0.717) is 26.6 Å². The average Bonchev–Trinajstić information content (AvgIpc) is 2.43. The first-order chi connectivity index (χ1) is 10.1. The van der Waals surface area contributed by atoms with Crippen LogP contribution in [0.15, 0.2) is 45.6 Å². The molecular formula is C15H10Cl2N2O2. The van der Waals surface area contributed by atoms with Gasteiger partial charge in [0.05, 0.1) is 26.6 Å². The van der Waals surface area contributed by atoms with E-state index in [9.17, 15) is 4.79 Å². The lowest BCUT2D eigenvalue weighted by Crippen LogP contribution is -2.06. The van der Waals surface area contributed by atoms with Crippen LogP contribution < -0.4 is 10.9 Å². The molecule has 0 radical (unpaired) electrons. The molecule has 0 spiro atoms. The molecule has 0 atom stereocenters. The molecule has 21 heavy (non-hydrogen) atoms. The van der Waals surface area contributed by atoms with Crippen LogP contribution in [0.25, 0.3) is 10.9 Å². The molecule has 0 amide bonds. The highest BCUT2D eigenvalue weighted by Crippen LogP contribution is 2.32. The summed E-state index contributed by atoms with van der Waals surface area (Å²) in [6.07, 6.45) is 0. The van der Waals surface area contributed by atoms with E-state index < -0.39 is 5.63 Å². The number of aromatic nitrogens is 1. The van der Waals surface area contributed by atoms with Gasteiger partial charge in [-0.25, -0.2) is 4.79 Å². The molecule has 1 N–H and O–H groups in total. The molecule has 0 unspecified atom stereocenters. The maximum Gasteiger partial charge on any atom is 0.348 e. The molecule has 3 aromatic rings. The molecule has 1 aromatic heterocycles. The van der Waals surface area contributed by atoms with Gasteiger partial charge in [0.15, 0.2) is 0 Å². The topological polar surface area (TPSA) is 55.1 Å². The summed E-state index contributed by atoms with van der Waals surface area (Å²) >= 11 is 12.1. The van der Waals surface area contributed by atoms with Gasteiger partial charge in [0, 0.05) is 0 Å². The van der Waals surface area contributed by atoms with Crippen molar-refractivity contribution in [2.45, 2.75) is 6.92 Å². The van der Waals surface area contributed by atoms with E-state index in [2.05, 4.69) is 10.3 Å². The predicted octanol–water partition coefficient (Wildman–Crippen LogP) is 4.55. The zero-order valence-electron chi connectivity index (χ0n) is 11.0. The van der Waals surface area contributed by atoms with Gasteiger partial charge in [-0.3, -0.25) is 0 Å². The quantitative estimate of drug-likeness (QED) is 0.752. The van der Waals surface area contributed by atoms with Crippen LogP contribution in [-0.4, -0.2) is 4.98 Å². The van der Waals surface area contributed by atoms with Crippen molar-refractivity contribution in [2.24, 2.45) is 0 Å². The van der Waals surface area contributed by atoms with Gasteiger partial charge in [-0.15, -0.1) is 0 Å². The van der Waals surface area contributed by atoms with Crippen LogP contribution in [0.4, 0.5) is 11.7 Å². The van der Waals surface area contributed by atoms with Crippen LogP contribution in [0, 0.1) is 6.92 Å². The number of rotatable bonds is 2. The maximum atomic E-state index is 12.1. The Morgan fingerprint density at radius 1 is 1.10 bits per heavy atom. The molecule has 0 aliphatic carbocycles. The first-order valence-electron chi connectivity index (χ1n) is 6.18. The minimum absolute atomic E-state index is 0.0492. The fourth-order valence-electron chi connectivity index (χ4n) is 2.06. The summed E-state index contributed by atoms with van der Waals surface area (Å²) in [5, 5.41) is 4.14. The number of fused-ring (bicyclic) bond motifs is 1. The lowest BCUT2D eigenvalue weighted by atomic mass is 10.1. The summed E-state index contributed by atoms with van der Waals surface area (Å²) in [7, 11) is 0. The smallest absolute Gasteiger partial charge is 0.348 e. The number of hydrogen-bond acceptors (Lipinski definition) is 4. The Kier molecular flexibility index (Phi) is 3.57. The highest BCUT2D eigenvalue weighted by molar-refractivity contribution is 6.39. The van der Waals surface area contributed by atoms with Crippen molar-refractivity contribution >= 4 is 45.8 Å². The summed E-state index contributed by atoms with van der Waals surface area (Å²) in [6, 6.07) is 10.5. The normalized spacial score (nSPS) is 10.8. The zero-order chi connectivity index (χ0) is 15.0. The first-order valence-corrected chi connectivity index (χ1v) is 6.93. The number of nitrogens with zero attached hydrogens (tertiary/aromatic N) is 1. The first kappa shape index (κ1) is 13.9. The monoisotopic (exact) mass is 320 g/mol. The third-order valence-corrected chi connectivity index (χ3v) is 3.69. The number of halogens is 2. The van der Waals surface area contributed by atoms with Crippen molar-refractivity contribution in [3.05, 3.63) is 62.4 Å². The van der Waals surface area contributed by atoms with E-state index in [1.165, 1.54) is 0 Å². The molecule has 1 heterocycles. The summed E-state index contributed by atoms with van der Waals surface area (Å²) in [5.41, 5.74) is 1.36. The Hall–Kier alpha value is -2.04. The van der Waals surface area contributed by atoms with Crippen molar-refractivity contribution in [1.82, 2.24) is 4.98 Å². The number of anilines is 2. The Balaban J connectivity index is 2.13. The molecule has 6 heteroatoms. The van der Waals surface area contributed by atoms with E-state index in [0.717, 1.165) is 5.56 Å². The summed E-state index contributed by atoms with van der Waals surface area (Å²) in [6.45, 7) is 1.83. The lowest BCUT2D eigenvalue weighted by Gasteiger charge is -2.09. The summed E-state index contributed by atoms with van der Waals surface area (Å²) in [4.78, 5) is 16.3. The minimum Gasteiger partial charge on any atom is -0.388 e. The molecule has 0 aliphatic rings. The standard InChI is InChI=1S/C15H10Cl2N2O2/c1-8-4-2-7-11-12(8)14(20)21-15(18-11)19-13-9(16)5-3-6-10(13)17/h2-7H,1H3,(H,18,19). The van der Waals surface area contributed by atoms with Gasteiger partial charge in [-0.2, -0.15) is 4.98 Å². The Bertz CT molecular complexity index is 870. The fourth-order valence-corrected chi connectivity index (χ4v) is 2.55. The van der Waals surface area contributed by atoms with Crippen LogP contribution >= 0.6 is 23.2 Å². The Labute approximate surface area is 130 Å². The van der Waals surface area contributed by atoms with E-state index in [-0.39, 0.29) is 6.01 Å². The Morgan fingerprint density at radius 3 is 2.48 bits per heavy atom. The van der Waals surface area contributed by atoms with E-state index in [1.54, 1.807) is 24.3 Å². The molecule has 0 saturated heterocycles. The van der Waals surface area contributed by atoms with Gasteiger partial charge in [0.2, 0.25) is 0 Å².